The quantitative estimate of drug-likeness (QED) is 0.883. The first-order valence-corrected chi connectivity index (χ1v) is 6.16. The summed E-state index contributed by atoms with van der Waals surface area (Å²) in [5, 5.41) is 10.1. The molecule has 0 bridgehead atoms. The number of aryl methyl sites for hydroxylation is 1. The van der Waals surface area contributed by atoms with E-state index in [-0.39, 0.29) is 12.5 Å². The van der Waals surface area contributed by atoms with Gasteiger partial charge in [-0.1, -0.05) is 30.7 Å². The number of aromatic nitrogens is 1. The minimum absolute atomic E-state index is 0.176. The lowest BCUT2D eigenvalue weighted by Crippen LogP contribution is -1.94. The summed E-state index contributed by atoms with van der Waals surface area (Å²) in [6.45, 7) is 4.26. The molecular weight excluding hydrogens is 218 g/mol. The van der Waals surface area contributed by atoms with Crippen LogP contribution in [0.5, 0.6) is 0 Å². The largest absolute Gasteiger partial charge is 0.396 e. The van der Waals surface area contributed by atoms with Crippen LogP contribution in [0.3, 0.4) is 0 Å². The first-order valence-electron chi connectivity index (χ1n) is 5.34. The molecule has 16 heavy (non-hydrogen) atoms. The van der Waals surface area contributed by atoms with Crippen LogP contribution in [0.4, 0.5) is 0 Å². The molecule has 1 aromatic carbocycles. The molecule has 1 unspecified atom stereocenters. The van der Waals surface area contributed by atoms with Gasteiger partial charge in [-0.05, 0) is 13.0 Å². The van der Waals surface area contributed by atoms with E-state index in [1.54, 1.807) is 11.3 Å². The van der Waals surface area contributed by atoms with E-state index >= 15 is 0 Å². The van der Waals surface area contributed by atoms with Gasteiger partial charge in [-0.25, -0.2) is 4.98 Å². The Kier molecular flexibility index (Phi) is 3.36. The van der Waals surface area contributed by atoms with Crippen LogP contribution in [0.15, 0.2) is 30.5 Å². The van der Waals surface area contributed by atoms with Crippen LogP contribution in [0.1, 0.15) is 23.3 Å². The third kappa shape index (κ3) is 2.31. The van der Waals surface area contributed by atoms with Crippen molar-refractivity contribution in [3.63, 3.8) is 0 Å². The molecule has 1 atom stereocenters. The van der Waals surface area contributed by atoms with Crippen molar-refractivity contribution in [3.05, 3.63) is 40.9 Å². The van der Waals surface area contributed by atoms with E-state index in [0.29, 0.717) is 0 Å². The Balaban J connectivity index is 2.31. The van der Waals surface area contributed by atoms with Gasteiger partial charge in [0.1, 0.15) is 5.01 Å². The molecule has 1 heterocycles. The summed E-state index contributed by atoms with van der Waals surface area (Å²) < 4.78 is 0. The predicted molar refractivity (Wildman–Crippen MR) is 67.8 cm³/mol. The SMILES string of the molecule is Cc1cccc(-c2ncc(C(C)CO)s2)c1. The standard InChI is InChI=1S/C13H15NOS/c1-9-4-3-5-11(6-9)13-14-7-12(16-13)10(2)8-15/h3-7,10,15H,8H2,1-2H3. The Morgan fingerprint density at radius 1 is 1.44 bits per heavy atom. The molecule has 2 rings (SSSR count). The smallest absolute Gasteiger partial charge is 0.123 e. The van der Waals surface area contributed by atoms with Crippen molar-refractivity contribution in [1.29, 1.82) is 0 Å². The second kappa shape index (κ2) is 4.76. The maximum atomic E-state index is 9.09. The van der Waals surface area contributed by atoms with Crippen molar-refractivity contribution < 1.29 is 5.11 Å². The van der Waals surface area contributed by atoms with E-state index in [0.717, 1.165) is 15.4 Å². The van der Waals surface area contributed by atoms with Gasteiger partial charge in [-0.3, -0.25) is 0 Å². The summed E-state index contributed by atoms with van der Waals surface area (Å²) in [4.78, 5) is 5.54. The molecule has 0 saturated carbocycles. The highest BCUT2D eigenvalue weighted by atomic mass is 32.1. The van der Waals surface area contributed by atoms with Crippen LogP contribution >= 0.6 is 11.3 Å². The Labute approximate surface area is 99.6 Å². The van der Waals surface area contributed by atoms with Crippen molar-refractivity contribution in [1.82, 2.24) is 4.98 Å². The van der Waals surface area contributed by atoms with Crippen LogP contribution in [-0.2, 0) is 0 Å². The summed E-state index contributed by atoms with van der Waals surface area (Å²) in [7, 11) is 0. The predicted octanol–water partition coefficient (Wildman–Crippen LogP) is 3.21. The highest BCUT2D eigenvalue weighted by Crippen LogP contribution is 2.29. The zero-order valence-electron chi connectivity index (χ0n) is 9.47. The topological polar surface area (TPSA) is 33.1 Å². The number of benzene rings is 1. The van der Waals surface area contributed by atoms with Gasteiger partial charge in [-0.2, -0.15) is 0 Å². The highest BCUT2D eigenvalue weighted by molar-refractivity contribution is 7.15. The van der Waals surface area contributed by atoms with E-state index in [2.05, 4.69) is 30.1 Å². The van der Waals surface area contributed by atoms with Gasteiger partial charge in [0.2, 0.25) is 0 Å². The molecular formula is C13H15NOS. The number of aliphatic hydroxyl groups excluding tert-OH is 1. The average molecular weight is 233 g/mol. The molecule has 0 aliphatic heterocycles. The van der Waals surface area contributed by atoms with Crippen LogP contribution in [0.2, 0.25) is 0 Å². The summed E-state index contributed by atoms with van der Waals surface area (Å²) >= 11 is 1.66. The van der Waals surface area contributed by atoms with E-state index in [9.17, 15) is 0 Å². The zero-order chi connectivity index (χ0) is 11.5. The van der Waals surface area contributed by atoms with Crippen LogP contribution in [0.25, 0.3) is 10.6 Å². The molecule has 0 saturated heterocycles. The van der Waals surface area contributed by atoms with E-state index < -0.39 is 0 Å². The monoisotopic (exact) mass is 233 g/mol. The molecule has 2 aromatic rings. The molecule has 0 aliphatic rings. The fourth-order valence-electron chi connectivity index (χ4n) is 1.52. The molecule has 84 valence electrons. The zero-order valence-corrected chi connectivity index (χ0v) is 10.3. The summed E-state index contributed by atoms with van der Waals surface area (Å²) in [5.74, 6) is 0.177. The lowest BCUT2D eigenvalue weighted by Gasteiger charge is -2.01. The minimum Gasteiger partial charge on any atom is -0.396 e. The second-order valence-corrected chi connectivity index (χ2v) is 5.08. The fourth-order valence-corrected chi connectivity index (χ4v) is 2.47. The molecule has 3 heteroatoms. The highest BCUT2D eigenvalue weighted by Gasteiger charge is 2.09. The third-order valence-electron chi connectivity index (χ3n) is 2.55. The van der Waals surface area contributed by atoms with Crippen LogP contribution < -0.4 is 0 Å². The molecule has 0 spiro atoms. The third-order valence-corrected chi connectivity index (χ3v) is 3.83. The summed E-state index contributed by atoms with van der Waals surface area (Å²) in [6.07, 6.45) is 1.86. The second-order valence-electron chi connectivity index (χ2n) is 4.02. The first kappa shape index (κ1) is 11.3. The Bertz CT molecular complexity index is 478. The maximum absolute atomic E-state index is 9.09. The van der Waals surface area contributed by atoms with Gasteiger partial charge in [-0.15, -0.1) is 11.3 Å². The van der Waals surface area contributed by atoms with Gasteiger partial charge >= 0.3 is 0 Å². The van der Waals surface area contributed by atoms with Crippen molar-refractivity contribution >= 4 is 11.3 Å². The van der Waals surface area contributed by atoms with Gasteiger partial charge < -0.3 is 5.11 Å². The summed E-state index contributed by atoms with van der Waals surface area (Å²) in [5.41, 5.74) is 2.39. The van der Waals surface area contributed by atoms with Gasteiger partial charge in [0.25, 0.3) is 0 Å². The van der Waals surface area contributed by atoms with Crippen molar-refractivity contribution in [2.24, 2.45) is 0 Å². The lowest BCUT2D eigenvalue weighted by atomic mass is 10.1. The summed E-state index contributed by atoms with van der Waals surface area (Å²) in [6, 6.07) is 8.32. The van der Waals surface area contributed by atoms with Gasteiger partial charge in [0, 0.05) is 22.6 Å². The number of aliphatic hydroxyl groups is 1. The number of nitrogens with zero attached hydrogens (tertiary/aromatic N) is 1. The first-order chi connectivity index (χ1) is 7.70. The molecule has 0 fully saturated rings. The normalized spacial score (nSPS) is 12.7. The van der Waals surface area contributed by atoms with Crippen molar-refractivity contribution in [2.75, 3.05) is 6.61 Å². The van der Waals surface area contributed by atoms with Crippen LogP contribution in [-0.4, -0.2) is 16.7 Å². The molecule has 2 nitrogen and oxygen atoms in total. The molecule has 0 radical (unpaired) electrons. The number of hydrogen-bond acceptors (Lipinski definition) is 3. The number of thiazole rings is 1. The van der Waals surface area contributed by atoms with Gasteiger partial charge in [0.15, 0.2) is 0 Å². The fraction of sp³-hybridized carbons (Fsp3) is 0.308. The van der Waals surface area contributed by atoms with Crippen molar-refractivity contribution in [3.8, 4) is 10.6 Å². The molecule has 0 aliphatic carbocycles. The molecule has 1 N–H and O–H groups in total. The van der Waals surface area contributed by atoms with E-state index in [4.69, 9.17) is 5.11 Å². The number of rotatable bonds is 3. The van der Waals surface area contributed by atoms with Crippen LogP contribution in [0, 0.1) is 6.92 Å². The maximum Gasteiger partial charge on any atom is 0.123 e. The number of hydrogen-bond donors (Lipinski definition) is 1. The molecule has 0 amide bonds. The molecule has 1 aromatic heterocycles. The Morgan fingerprint density at radius 2 is 2.25 bits per heavy atom. The van der Waals surface area contributed by atoms with Gasteiger partial charge in [0.05, 0.1) is 6.61 Å². The van der Waals surface area contributed by atoms with Crippen molar-refractivity contribution in [2.45, 2.75) is 19.8 Å². The Morgan fingerprint density at radius 3 is 2.94 bits per heavy atom. The minimum atomic E-state index is 0.176. The Hall–Kier alpha value is -1.19. The van der Waals surface area contributed by atoms with E-state index in [1.807, 2.05) is 19.2 Å². The average Bonchev–Trinajstić information content (AvgIpc) is 2.77. The van der Waals surface area contributed by atoms with E-state index in [1.165, 1.54) is 5.56 Å². The lowest BCUT2D eigenvalue weighted by molar-refractivity contribution is 0.274.